The first-order valence-corrected chi connectivity index (χ1v) is 13.3. The molecule has 0 radical (unpaired) electrons. The molecule has 0 heterocycles. The third-order valence-electron chi connectivity index (χ3n) is 4.33. The van der Waals surface area contributed by atoms with Crippen molar-refractivity contribution in [3.63, 3.8) is 0 Å². The molecule has 0 atom stereocenters. The maximum atomic E-state index is 12.8. The predicted octanol–water partition coefficient (Wildman–Crippen LogP) is 6.34. The number of sulfonamides is 1. The summed E-state index contributed by atoms with van der Waals surface area (Å²) in [6.45, 7) is -0.434. The number of carbonyl (C=O) groups excluding carboxylic acids is 1. The molecule has 0 aliphatic rings. The molecule has 0 unspecified atom stereocenters. The number of thioether (sulfide) groups is 1. The van der Waals surface area contributed by atoms with Crippen LogP contribution in [0.5, 0.6) is 0 Å². The van der Waals surface area contributed by atoms with Gasteiger partial charge in [-0.2, -0.15) is 0 Å². The Morgan fingerprint density at radius 3 is 2.28 bits per heavy atom. The number of para-hydroxylation sites is 1. The first kappa shape index (κ1) is 24.7. The number of rotatable bonds is 8. The molecule has 5 nitrogen and oxygen atoms in total. The van der Waals surface area contributed by atoms with Crippen molar-refractivity contribution in [1.82, 2.24) is 0 Å². The van der Waals surface area contributed by atoms with E-state index in [0.717, 1.165) is 21.0 Å². The number of carbonyl (C=O) groups is 1. The first-order chi connectivity index (χ1) is 15.1. The van der Waals surface area contributed by atoms with Crippen LogP contribution in [0.1, 0.15) is 5.56 Å². The zero-order valence-electron chi connectivity index (χ0n) is 16.9. The van der Waals surface area contributed by atoms with Crippen molar-refractivity contribution in [2.45, 2.75) is 10.6 Å². The normalized spacial score (nSPS) is 11.2. The van der Waals surface area contributed by atoms with Gasteiger partial charge in [0, 0.05) is 20.7 Å². The van der Waals surface area contributed by atoms with Crippen molar-refractivity contribution in [3.8, 4) is 0 Å². The molecule has 32 heavy (non-hydrogen) atoms. The van der Waals surface area contributed by atoms with E-state index in [1.54, 1.807) is 23.9 Å². The van der Waals surface area contributed by atoms with E-state index in [-0.39, 0.29) is 10.7 Å². The maximum Gasteiger partial charge on any atom is 0.245 e. The molecule has 168 valence electrons. The van der Waals surface area contributed by atoms with Crippen molar-refractivity contribution < 1.29 is 13.2 Å². The summed E-state index contributed by atoms with van der Waals surface area (Å²) < 4.78 is 25.6. The van der Waals surface area contributed by atoms with Crippen molar-refractivity contribution >= 4 is 73.9 Å². The fourth-order valence-electron chi connectivity index (χ4n) is 2.82. The van der Waals surface area contributed by atoms with Crippen LogP contribution in [0.15, 0.2) is 71.6 Å². The molecule has 1 amide bonds. The van der Waals surface area contributed by atoms with Gasteiger partial charge in [-0.3, -0.25) is 9.10 Å². The second-order valence-corrected chi connectivity index (χ2v) is 11.0. The lowest BCUT2D eigenvalue weighted by Gasteiger charge is -2.23. The highest BCUT2D eigenvalue weighted by Gasteiger charge is 2.23. The van der Waals surface area contributed by atoms with Gasteiger partial charge in [0.15, 0.2) is 0 Å². The van der Waals surface area contributed by atoms with Crippen LogP contribution in [0.2, 0.25) is 15.1 Å². The van der Waals surface area contributed by atoms with Crippen LogP contribution in [0.25, 0.3) is 0 Å². The number of amides is 1. The fourth-order valence-corrected chi connectivity index (χ4v) is 5.34. The molecule has 0 spiro atoms. The molecule has 0 fully saturated rings. The molecule has 3 rings (SSSR count). The number of halogens is 3. The van der Waals surface area contributed by atoms with Crippen molar-refractivity contribution in [2.75, 3.05) is 22.4 Å². The minimum atomic E-state index is -3.77. The Bertz CT molecular complexity index is 1220. The lowest BCUT2D eigenvalue weighted by atomic mass is 10.2. The van der Waals surface area contributed by atoms with E-state index in [1.807, 2.05) is 36.4 Å². The van der Waals surface area contributed by atoms with E-state index in [1.165, 1.54) is 18.2 Å². The van der Waals surface area contributed by atoms with Crippen LogP contribution in [-0.4, -0.2) is 27.1 Å². The smallest absolute Gasteiger partial charge is 0.245 e. The third kappa shape index (κ3) is 6.80. The summed E-state index contributed by atoms with van der Waals surface area (Å²) in [6, 6.07) is 19.3. The van der Waals surface area contributed by atoms with E-state index in [9.17, 15) is 13.2 Å². The monoisotopic (exact) mass is 528 g/mol. The highest BCUT2D eigenvalue weighted by atomic mass is 35.5. The average molecular weight is 530 g/mol. The average Bonchev–Trinajstić information content (AvgIpc) is 2.72. The molecule has 3 aromatic carbocycles. The number of hydrogen-bond donors (Lipinski definition) is 1. The summed E-state index contributed by atoms with van der Waals surface area (Å²) >= 11 is 19.6. The fraction of sp³-hybridized carbons (Fsp3) is 0.136. The van der Waals surface area contributed by atoms with Gasteiger partial charge < -0.3 is 5.32 Å². The molecule has 10 heteroatoms. The molecule has 0 bridgehead atoms. The summed E-state index contributed by atoms with van der Waals surface area (Å²) in [5, 5.41) is 3.97. The largest absolute Gasteiger partial charge is 0.323 e. The molecular formula is C22H19Cl3N2O3S2. The van der Waals surface area contributed by atoms with Crippen molar-refractivity contribution in [1.29, 1.82) is 0 Å². The molecule has 0 saturated carbocycles. The molecule has 0 aromatic heterocycles. The maximum absolute atomic E-state index is 12.8. The third-order valence-corrected chi connectivity index (χ3v) is 7.40. The zero-order valence-corrected chi connectivity index (χ0v) is 20.8. The number of nitrogens with zero attached hydrogens (tertiary/aromatic N) is 1. The first-order valence-electron chi connectivity index (χ1n) is 9.32. The van der Waals surface area contributed by atoms with Gasteiger partial charge >= 0.3 is 0 Å². The van der Waals surface area contributed by atoms with Crippen LogP contribution in [0.4, 0.5) is 11.4 Å². The van der Waals surface area contributed by atoms with Crippen LogP contribution in [0, 0.1) is 0 Å². The van der Waals surface area contributed by atoms with Gasteiger partial charge in [-0.05, 0) is 48.0 Å². The van der Waals surface area contributed by atoms with E-state index < -0.39 is 22.5 Å². The van der Waals surface area contributed by atoms with Crippen LogP contribution >= 0.6 is 46.6 Å². The van der Waals surface area contributed by atoms with Crippen molar-refractivity contribution in [3.05, 3.63) is 87.4 Å². The summed E-state index contributed by atoms with van der Waals surface area (Å²) in [5.74, 6) is 0.181. The number of anilines is 2. The van der Waals surface area contributed by atoms with Crippen LogP contribution < -0.4 is 9.62 Å². The van der Waals surface area contributed by atoms with Crippen LogP contribution in [0.3, 0.4) is 0 Å². The lowest BCUT2D eigenvalue weighted by Crippen LogP contribution is -2.37. The van der Waals surface area contributed by atoms with Gasteiger partial charge in [0.25, 0.3) is 0 Å². The Kier molecular flexibility index (Phi) is 8.36. The van der Waals surface area contributed by atoms with Crippen molar-refractivity contribution in [2.24, 2.45) is 0 Å². The Morgan fingerprint density at radius 2 is 1.62 bits per heavy atom. The number of hydrogen-bond acceptors (Lipinski definition) is 4. The van der Waals surface area contributed by atoms with Gasteiger partial charge in [-0.15, -0.1) is 11.8 Å². The lowest BCUT2D eigenvalue weighted by molar-refractivity contribution is -0.114. The SMILES string of the molecule is CS(=O)(=O)N(CC(=O)Nc1ccccc1SCc1ccc(Cl)cc1)c1ccc(Cl)cc1Cl. The zero-order chi connectivity index (χ0) is 23.3. The topological polar surface area (TPSA) is 66.5 Å². The number of nitrogens with one attached hydrogen (secondary N) is 1. The molecular weight excluding hydrogens is 511 g/mol. The van der Waals surface area contributed by atoms with Crippen LogP contribution in [-0.2, 0) is 20.6 Å². The van der Waals surface area contributed by atoms with E-state index in [2.05, 4.69) is 5.32 Å². The van der Waals surface area contributed by atoms with E-state index in [4.69, 9.17) is 34.8 Å². The van der Waals surface area contributed by atoms with Gasteiger partial charge in [-0.1, -0.05) is 59.1 Å². The predicted molar refractivity (Wildman–Crippen MR) is 135 cm³/mol. The molecule has 0 aliphatic heterocycles. The molecule has 1 N–H and O–H groups in total. The highest BCUT2D eigenvalue weighted by Crippen LogP contribution is 2.32. The van der Waals surface area contributed by atoms with E-state index >= 15 is 0 Å². The summed E-state index contributed by atoms with van der Waals surface area (Å²) in [7, 11) is -3.77. The highest BCUT2D eigenvalue weighted by molar-refractivity contribution is 7.98. The van der Waals surface area contributed by atoms with Gasteiger partial charge in [-0.25, -0.2) is 8.42 Å². The Balaban J connectivity index is 1.75. The van der Waals surface area contributed by atoms with Gasteiger partial charge in [0.1, 0.15) is 6.54 Å². The van der Waals surface area contributed by atoms with E-state index in [0.29, 0.717) is 21.5 Å². The quantitative estimate of drug-likeness (QED) is 0.346. The van der Waals surface area contributed by atoms with Gasteiger partial charge in [0.05, 0.1) is 22.7 Å². The van der Waals surface area contributed by atoms with Gasteiger partial charge in [0.2, 0.25) is 15.9 Å². The summed E-state index contributed by atoms with van der Waals surface area (Å²) in [5.41, 5.74) is 1.85. The molecule has 0 saturated heterocycles. The minimum Gasteiger partial charge on any atom is -0.323 e. The Morgan fingerprint density at radius 1 is 0.969 bits per heavy atom. The molecule has 3 aromatic rings. The summed E-state index contributed by atoms with van der Waals surface area (Å²) in [6.07, 6.45) is 1.02. The number of benzene rings is 3. The standard InChI is InChI=1S/C22H19Cl3N2O3S2/c1-32(29,30)27(20-11-10-17(24)12-18(20)25)13-22(28)26-19-4-2-3-5-21(19)31-14-15-6-8-16(23)9-7-15/h2-12H,13-14H2,1H3,(H,26,28). The molecule has 0 aliphatic carbocycles. The summed E-state index contributed by atoms with van der Waals surface area (Å²) in [4.78, 5) is 13.6. The second-order valence-electron chi connectivity index (χ2n) is 6.82. The Hall–Kier alpha value is -1.90. The Labute approximate surface area is 206 Å². The minimum absolute atomic E-state index is 0.134. The second kappa shape index (κ2) is 10.8.